The minimum atomic E-state index is -5.23. The highest BCUT2D eigenvalue weighted by molar-refractivity contribution is 5.91. The van der Waals surface area contributed by atoms with Gasteiger partial charge in [0.15, 0.2) is 11.3 Å². The van der Waals surface area contributed by atoms with Crippen LogP contribution in [0.2, 0.25) is 0 Å². The van der Waals surface area contributed by atoms with Crippen LogP contribution in [0.3, 0.4) is 0 Å². The monoisotopic (exact) mass is 397 g/mol. The van der Waals surface area contributed by atoms with Crippen molar-refractivity contribution < 1.29 is 30.8 Å². The molecule has 12 heteroatoms. The number of hydrogen-bond donors (Lipinski definition) is 0. The third-order valence-electron chi connectivity index (χ3n) is 3.49. The van der Waals surface area contributed by atoms with Gasteiger partial charge in [-0.25, -0.2) is 9.50 Å². The van der Waals surface area contributed by atoms with Crippen LogP contribution in [-0.2, 0) is 12.4 Å². The predicted octanol–water partition coefficient (Wildman–Crippen LogP) is 4.30. The van der Waals surface area contributed by atoms with E-state index >= 15 is 0 Å². The van der Waals surface area contributed by atoms with Gasteiger partial charge >= 0.3 is 12.4 Å². The quantitative estimate of drug-likeness (QED) is 0.475. The van der Waals surface area contributed by atoms with Gasteiger partial charge in [-0.2, -0.15) is 42.0 Å². The molecule has 28 heavy (non-hydrogen) atoms. The number of fused-ring (bicyclic) bond motifs is 1. The van der Waals surface area contributed by atoms with Crippen LogP contribution in [0.15, 0.2) is 28.9 Å². The summed E-state index contributed by atoms with van der Waals surface area (Å²) in [6.45, 7) is 0. The van der Waals surface area contributed by atoms with Crippen LogP contribution >= 0.6 is 0 Å². The van der Waals surface area contributed by atoms with Crippen LogP contribution in [0.5, 0.6) is 0 Å². The molecule has 0 aliphatic carbocycles. The standard InChI is InChI=1S/C16H5F6N5O/c17-15(18,19)11-5-12(16(20,21)22)27-14(25-11)10(7-24)13(26-27)8(6-23)4-9-2-1-3-28-9/h1-5H. The average Bonchev–Trinajstić information content (AvgIpc) is 3.23. The van der Waals surface area contributed by atoms with Crippen molar-refractivity contribution in [2.45, 2.75) is 12.4 Å². The molecule has 0 spiro atoms. The highest BCUT2D eigenvalue weighted by Crippen LogP contribution is 2.36. The van der Waals surface area contributed by atoms with Gasteiger partial charge < -0.3 is 4.42 Å². The van der Waals surface area contributed by atoms with Crippen LogP contribution in [0.4, 0.5) is 26.3 Å². The number of furan rings is 1. The van der Waals surface area contributed by atoms with E-state index in [0.29, 0.717) is 0 Å². The molecule has 0 amide bonds. The topological polar surface area (TPSA) is 90.9 Å². The lowest BCUT2D eigenvalue weighted by Gasteiger charge is -2.12. The molecule has 0 radical (unpaired) electrons. The van der Waals surface area contributed by atoms with Gasteiger partial charge in [-0.1, -0.05) is 0 Å². The van der Waals surface area contributed by atoms with E-state index in [1.807, 2.05) is 0 Å². The fraction of sp³-hybridized carbons (Fsp3) is 0.125. The molecule has 142 valence electrons. The van der Waals surface area contributed by atoms with E-state index in [9.17, 15) is 36.9 Å². The van der Waals surface area contributed by atoms with E-state index in [-0.39, 0.29) is 16.3 Å². The highest BCUT2D eigenvalue weighted by Gasteiger charge is 2.41. The van der Waals surface area contributed by atoms with Crippen LogP contribution < -0.4 is 0 Å². The van der Waals surface area contributed by atoms with Gasteiger partial charge in [0, 0.05) is 6.08 Å². The highest BCUT2D eigenvalue weighted by atomic mass is 19.4. The molecule has 3 aromatic rings. The van der Waals surface area contributed by atoms with Crippen molar-refractivity contribution in [3.05, 3.63) is 52.9 Å². The fourth-order valence-electron chi connectivity index (χ4n) is 2.33. The van der Waals surface area contributed by atoms with Gasteiger partial charge in [-0.3, -0.25) is 0 Å². The van der Waals surface area contributed by atoms with Crippen molar-refractivity contribution in [1.82, 2.24) is 14.6 Å². The molecule has 3 aromatic heterocycles. The molecule has 3 heterocycles. The molecule has 0 saturated carbocycles. The second kappa shape index (κ2) is 6.42. The Labute approximate surface area is 151 Å². The number of rotatable bonds is 2. The Morgan fingerprint density at radius 2 is 1.86 bits per heavy atom. The van der Waals surface area contributed by atoms with E-state index < -0.39 is 46.2 Å². The Balaban J connectivity index is 2.39. The zero-order valence-electron chi connectivity index (χ0n) is 13.3. The predicted molar refractivity (Wildman–Crippen MR) is 79.9 cm³/mol. The summed E-state index contributed by atoms with van der Waals surface area (Å²) in [6, 6.07) is 5.77. The number of aromatic nitrogens is 3. The number of halogens is 6. The van der Waals surface area contributed by atoms with Gasteiger partial charge in [0.2, 0.25) is 0 Å². The van der Waals surface area contributed by atoms with Crippen molar-refractivity contribution in [2.75, 3.05) is 0 Å². The number of nitrogens with zero attached hydrogens (tertiary/aromatic N) is 5. The summed E-state index contributed by atoms with van der Waals surface area (Å²) in [5.41, 5.74) is -6.26. The summed E-state index contributed by atoms with van der Waals surface area (Å²) in [7, 11) is 0. The molecule has 0 aromatic carbocycles. The molecule has 0 aliphatic rings. The van der Waals surface area contributed by atoms with Crippen LogP contribution in [0.1, 0.15) is 28.4 Å². The van der Waals surface area contributed by atoms with Crippen molar-refractivity contribution in [3.63, 3.8) is 0 Å². The Morgan fingerprint density at radius 1 is 1.14 bits per heavy atom. The number of alkyl halides is 6. The average molecular weight is 397 g/mol. The van der Waals surface area contributed by atoms with Crippen molar-refractivity contribution in [3.8, 4) is 12.1 Å². The van der Waals surface area contributed by atoms with Crippen molar-refractivity contribution in [1.29, 1.82) is 10.5 Å². The first kappa shape index (κ1) is 19.0. The summed E-state index contributed by atoms with van der Waals surface area (Å²) >= 11 is 0. The zero-order chi connectivity index (χ0) is 20.7. The fourth-order valence-corrected chi connectivity index (χ4v) is 2.33. The molecule has 6 nitrogen and oxygen atoms in total. The molecule has 3 rings (SSSR count). The lowest BCUT2D eigenvalue weighted by molar-refractivity contribution is -0.148. The number of allylic oxidation sites excluding steroid dienone is 1. The minimum absolute atomic E-state index is 0.0659. The first-order valence-corrected chi connectivity index (χ1v) is 7.20. The third kappa shape index (κ3) is 3.27. The van der Waals surface area contributed by atoms with Crippen molar-refractivity contribution >= 4 is 17.3 Å². The first-order chi connectivity index (χ1) is 13.1. The zero-order valence-corrected chi connectivity index (χ0v) is 13.3. The van der Waals surface area contributed by atoms with Gasteiger partial charge in [-0.15, -0.1) is 0 Å². The van der Waals surface area contributed by atoms with Gasteiger partial charge in [0.25, 0.3) is 0 Å². The Morgan fingerprint density at radius 3 is 2.36 bits per heavy atom. The Bertz CT molecular complexity index is 1160. The molecule has 0 unspecified atom stereocenters. The molecular weight excluding hydrogens is 392 g/mol. The maximum absolute atomic E-state index is 13.3. The maximum Gasteiger partial charge on any atom is 0.433 e. The molecule has 0 aliphatic heterocycles. The first-order valence-electron chi connectivity index (χ1n) is 7.20. The van der Waals surface area contributed by atoms with Crippen LogP contribution in [0, 0.1) is 22.7 Å². The van der Waals surface area contributed by atoms with Gasteiger partial charge in [-0.05, 0) is 18.2 Å². The second-order valence-electron chi connectivity index (χ2n) is 5.28. The van der Waals surface area contributed by atoms with E-state index in [1.54, 1.807) is 6.07 Å². The van der Waals surface area contributed by atoms with Crippen LogP contribution in [-0.4, -0.2) is 14.6 Å². The largest absolute Gasteiger partial charge is 0.465 e. The lowest BCUT2D eigenvalue weighted by Crippen LogP contribution is -2.18. The van der Waals surface area contributed by atoms with Crippen molar-refractivity contribution in [2.24, 2.45) is 0 Å². The van der Waals surface area contributed by atoms with Gasteiger partial charge in [0.05, 0.1) is 11.8 Å². The van der Waals surface area contributed by atoms with Crippen LogP contribution in [0.25, 0.3) is 17.3 Å². The van der Waals surface area contributed by atoms with E-state index in [1.165, 1.54) is 24.5 Å². The molecule has 0 saturated heterocycles. The normalized spacial score (nSPS) is 12.8. The molecule has 0 fully saturated rings. The summed E-state index contributed by atoms with van der Waals surface area (Å²) < 4.78 is 83.9. The minimum Gasteiger partial charge on any atom is -0.465 e. The second-order valence-corrected chi connectivity index (χ2v) is 5.28. The summed E-state index contributed by atoms with van der Waals surface area (Å²) in [6.07, 6.45) is -8.08. The molecular formula is C16H5F6N5O. The number of hydrogen-bond acceptors (Lipinski definition) is 5. The van der Waals surface area contributed by atoms with E-state index in [4.69, 9.17) is 4.42 Å². The van der Waals surface area contributed by atoms with Gasteiger partial charge in [0.1, 0.15) is 34.8 Å². The Hall–Kier alpha value is -3.80. The Kier molecular flexibility index (Phi) is 4.35. The maximum atomic E-state index is 13.3. The smallest absolute Gasteiger partial charge is 0.433 e. The summed E-state index contributed by atoms with van der Waals surface area (Å²) in [5, 5.41) is 22.1. The van der Waals surface area contributed by atoms with E-state index in [0.717, 1.165) is 6.08 Å². The summed E-state index contributed by atoms with van der Waals surface area (Å²) in [4.78, 5) is 3.12. The molecule has 0 N–H and O–H groups in total. The van der Waals surface area contributed by atoms with E-state index in [2.05, 4.69) is 10.1 Å². The SMILES string of the molecule is N#CC(=Cc1ccco1)c1nn2c(C(F)(F)F)cc(C(F)(F)F)nc2c1C#N. The molecule has 0 atom stereocenters. The number of nitriles is 2. The lowest BCUT2D eigenvalue weighted by atomic mass is 10.1. The molecule has 0 bridgehead atoms. The summed E-state index contributed by atoms with van der Waals surface area (Å²) in [5.74, 6) is 0.123. The third-order valence-corrected chi connectivity index (χ3v) is 3.49.